The molecule has 0 amide bonds. The first kappa shape index (κ1) is 20.5. The fourth-order valence-electron chi connectivity index (χ4n) is 4.18. The minimum Gasteiger partial charge on any atom is -0.378 e. The SMILES string of the molecule is CC(C)N1CCN(C2COC2)CC1.CC(C)N1CCN(CC2CC2)CC1. The van der Waals surface area contributed by atoms with Gasteiger partial charge in [-0.1, -0.05) is 0 Å². The van der Waals surface area contributed by atoms with Crippen molar-refractivity contribution in [3.8, 4) is 0 Å². The summed E-state index contributed by atoms with van der Waals surface area (Å²) in [7, 11) is 0. The van der Waals surface area contributed by atoms with Crippen molar-refractivity contribution in [2.75, 3.05) is 72.1 Å². The summed E-state index contributed by atoms with van der Waals surface area (Å²) in [5.41, 5.74) is 0. The van der Waals surface area contributed by atoms with Crippen LogP contribution in [0.1, 0.15) is 40.5 Å². The van der Waals surface area contributed by atoms with E-state index in [1.54, 1.807) is 0 Å². The van der Waals surface area contributed by atoms with Crippen LogP contribution in [0.2, 0.25) is 0 Å². The van der Waals surface area contributed by atoms with Gasteiger partial charge in [0.1, 0.15) is 0 Å². The lowest BCUT2D eigenvalue weighted by Gasteiger charge is -2.43. The van der Waals surface area contributed by atoms with Gasteiger partial charge in [0.2, 0.25) is 0 Å². The fourth-order valence-corrected chi connectivity index (χ4v) is 4.18. The summed E-state index contributed by atoms with van der Waals surface area (Å²) in [6.45, 7) is 22.5. The van der Waals surface area contributed by atoms with E-state index < -0.39 is 0 Å². The molecule has 0 aromatic rings. The molecule has 3 saturated heterocycles. The van der Waals surface area contributed by atoms with Crippen LogP contribution in [0.15, 0.2) is 0 Å². The third-order valence-electron chi connectivity index (χ3n) is 6.57. The zero-order valence-electron chi connectivity index (χ0n) is 17.7. The molecule has 4 fully saturated rings. The molecule has 0 aromatic heterocycles. The molecule has 0 aromatic carbocycles. The zero-order valence-corrected chi connectivity index (χ0v) is 17.7. The second-order valence-corrected chi connectivity index (χ2v) is 9.23. The Morgan fingerprint density at radius 1 is 0.731 bits per heavy atom. The van der Waals surface area contributed by atoms with Crippen LogP contribution in [0.25, 0.3) is 0 Å². The predicted molar refractivity (Wildman–Crippen MR) is 109 cm³/mol. The molecule has 1 aliphatic carbocycles. The summed E-state index contributed by atoms with van der Waals surface area (Å²) in [5, 5.41) is 0. The largest absolute Gasteiger partial charge is 0.378 e. The molecule has 0 N–H and O–H groups in total. The maximum Gasteiger partial charge on any atom is 0.0645 e. The van der Waals surface area contributed by atoms with Crippen LogP contribution in [0.3, 0.4) is 0 Å². The molecule has 5 heteroatoms. The summed E-state index contributed by atoms with van der Waals surface area (Å²) >= 11 is 0. The average Bonchev–Trinajstić information content (AvgIpc) is 3.39. The van der Waals surface area contributed by atoms with Gasteiger partial charge in [0.15, 0.2) is 0 Å². The van der Waals surface area contributed by atoms with Crippen LogP contribution >= 0.6 is 0 Å². The van der Waals surface area contributed by atoms with Crippen molar-refractivity contribution in [3.63, 3.8) is 0 Å². The highest BCUT2D eigenvalue weighted by molar-refractivity contribution is 4.83. The average molecular weight is 367 g/mol. The number of rotatable bonds is 5. The van der Waals surface area contributed by atoms with Gasteiger partial charge < -0.3 is 9.64 Å². The molecule has 0 atom stereocenters. The topological polar surface area (TPSA) is 22.2 Å². The van der Waals surface area contributed by atoms with Crippen LogP contribution in [-0.4, -0.2) is 110 Å². The van der Waals surface area contributed by atoms with Gasteiger partial charge in [-0.2, -0.15) is 0 Å². The Hall–Kier alpha value is -0.200. The molecule has 0 unspecified atom stereocenters. The van der Waals surface area contributed by atoms with E-state index in [1.807, 2.05) is 0 Å². The van der Waals surface area contributed by atoms with E-state index in [2.05, 4.69) is 47.3 Å². The molecule has 5 nitrogen and oxygen atoms in total. The van der Waals surface area contributed by atoms with Crippen molar-refractivity contribution in [1.29, 1.82) is 0 Å². The van der Waals surface area contributed by atoms with Crippen molar-refractivity contribution in [3.05, 3.63) is 0 Å². The van der Waals surface area contributed by atoms with Gasteiger partial charge in [-0.05, 0) is 46.5 Å². The highest BCUT2D eigenvalue weighted by atomic mass is 16.5. The van der Waals surface area contributed by atoms with E-state index in [-0.39, 0.29) is 0 Å². The van der Waals surface area contributed by atoms with Crippen molar-refractivity contribution < 1.29 is 4.74 Å². The first-order valence-electron chi connectivity index (χ1n) is 11.0. The first-order valence-corrected chi connectivity index (χ1v) is 11.0. The monoisotopic (exact) mass is 366 g/mol. The minimum atomic E-state index is 0.708. The number of hydrogen-bond donors (Lipinski definition) is 0. The third-order valence-corrected chi connectivity index (χ3v) is 6.57. The zero-order chi connectivity index (χ0) is 18.5. The molecule has 1 saturated carbocycles. The lowest BCUT2D eigenvalue weighted by molar-refractivity contribution is -0.0787. The standard InChI is InChI=1S/C11H22N2.C10H20N2O/c1-10(2)13-7-5-12(6-8-13)9-11-3-4-11;1-9(2)11-3-5-12(6-4-11)10-7-13-8-10/h10-11H,3-9H2,1-2H3;9-10H,3-8H2,1-2H3. The van der Waals surface area contributed by atoms with Crippen LogP contribution in [0.4, 0.5) is 0 Å². The van der Waals surface area contributed by atoms with E-state index in [9.17, 15) is 0 Å². The summed E-state index contributed by atoms with van der Waals surface area (Å²) in [5.74, 6) is 1.06. The van der Waals surface area contributed by atoms with Crippen LogP contribution in [0.5, 0.6) is 0 Å². The van der Waals surface area contributed by atoms with E-state index in [4.69, 9.17) is 4.74 Å². The molecule has 0 spiro atoms. The number of piperazine rings is 2. The van der Waals surface area contributed by atoms with Gasteiger partial charge >= 0.3 is 0 Å². The van der Waals surface area contributed by atoms with E-state index in [1.165, 1.54) is 71.7 Å². The van der Waals surface area contributed by atoms with Crippen molar-refractivity contribution in [2.24, 2.45) is 5.92 Å². The molecule has 4 aliphatic rings. The van der Waals surface area contributed by atoms with Crippen molar-refractivity contribution in [2.45, 2.75) is 58.7 Å². The molecule has 3 heterocycles. The number of ether oxygens (including phenoxy) is 1. The summed E-state index contributed by atoms with van der Waals surface area (Å²) < 4.78 is 5.21. The molecule has 152 valence electrons. The molecule has 4 rings (SSSR count). The molecule has 26 heavy (non-hydrogen) atoms. The van der Waals surface area contributed by atoms with Crippen LogP contribution < -0.4 is 0 Å². The van der Waals surface area contributed by atoms with Gasteiger partial charge in [0.05, 0.1) is 19.3 Å². The van der Waals surface area contributed by atoms with Crippen LogP contribution in [-0.2, 0) is 4.74 Å². The Bertz CT molecular complexity index is 393. The highest BCUT2D eigenvalue weighted by Crippen LogP contribution is 2.29. The second-order valence-electron chi connectivity index (χ2n) is 9.23. The summed E-state index contributed by atoms with van der Waals surface area (Å²) in [6, 6.07) is 2.18. The van der Waals surface area contributed by atoms with Gasteiger partial charge in [-0.25, -0.2) is 0 Å². The quantitative estimate of drug-likeness (QED) is 0.738. The normalized spacial score (nSPS) is 27.5. The fraction of sp³-hybridized carbons (Fsp3) is 1.00. The molecular formula is C21H42N4O. The maximum absolute atomic E-state index is 5.21. The molecule has 0 bridgehead atoms. The smallest absolute Gasteiger partial charge is 0.0645 e. The lowest BCUT2D eigenvalue weighted by atomic mass is 10.1. The Morgan fingerprint density at radius 3 is 1.62 bits per heavy atom. The van der Waals surface area contributed by atoms with Gasteiger partial charge in [0, 0.05) is 71.0 Å². The Balaban J connectivity index is 0.000000151. The molecular weight excluding hydrogens is 324 g/mol. The lowest BCUT2D eigenvalue weighted by Crippen LogP contribution is -2.57. The van der Waals surface area contributed by atoms with Crippen molar-refractivity contribution in [1.82, 2.24) is 19.6 Å². The summed E-state index contributed by atoms with van der Waals surface area (Å²) in [4.78, 5) is 10.4. The maximum atomic E-state index is 5.21. The van der Waals surface area contributed by atoms with E-state index >= 15 is 0 Å². The van der Waals surface area contributed by atoms with Gasteiger partial charge in [-0.3, -0.25) is 14.7 Å². The number of nitrogens with zero attached hydrogens (tertiary/aromatic N) is 4. The van der Waals surface area contributed by atoms with E-state index in [0.717, 1.165) is 31.2 Å². The van der Waals surface area contributed by atoms with E-state index in [0.29, 0.717) is 6.04 Å². The van der Waals surface area contributed by atoms with Gasteiger partial charge in [0.25, 0.3) is 0 Å². The van der Waals surface area contributed by atoms with Crippen LogP contribution in [0, 0.1) is 5.92 Å². The summed E-state index contributed by atoms with van der Waals surface area (Å²) in [6.07, 6.45) is 2.98. The minimum absolute atomic E-state index is 0.708. The second kappa shape index (κ2) is 9.83. The van der Waals surface area contributed by atoms with Crippen molar-refractivity contribution >= 4 is 0 Å². The Kier molecular flexibility index (Phi) is 7.76. The van der Waals surface area contributed by atoms with Gasteiger partial charge in [-0.15, -0.1) is 0 Å². The molecule has 0 radical (unpaired) electrons. The molecule has 3 aliphatic heterocycles. The predicted octanol–water partition coefficient (Wildman–Crippen LogP) is 1.83. The number of hydrogen-bond acceptors (Lipinski definition) is 5. The third kappa shape index (κ3) is 6.16. The first-order chi connectivity index (χ1) is 12.5. The Labute approximate surface area is 161 Å². The highest BCUT2D eigenvalue weighted by Gasteiger charge is 2.29. The Morgan fingerprint density at radius 2 is 1.23 bits per heavy atom.